The number of ether oxygens (including phenoxy) is 2. The molecular formula is C15H25N3O3. The second-order valence-corrected chi connectivity index (χ2v) is 5.16. The molecular weight excluding hydrogens is 270 g/mol. The Kier molecular flexibility index (Phi) is 6.98. The van der Waals surface area contributed by atoms with Crippen molar-refractivity contribution in [2.45, 2.75) is 20.0 Å². The van der Waals surface area contributed by atoms with Crippen LogP contribution < -0.4 is 15.8 Å². The number of amides is 1. The Morgan fingerprint density at radius 2 is 2.14 bits per heavy atom. The van der Waals surface area contributed by atoms with Crippen LogP contribution >= 0.6 is 0 Å². The van der Waals surface area contributed by atoms with Crippen molar-refractivity contribution in [1.82, 2.24) is 4.90 Å². The Morgan fingerprint density at radius 1 is 1.43 bits per heavy atom. The monoisotopic (exact) mass is 295 g/mol. The number of nitrogens with two attached hydrogens (primary N) is 1. The van der Waals surface area contributed by atoms with Gasteiger partial charge in [0.2, 0.25) is 5.91 Å². The number of nitrogen functional groups attached to an aromatic ring is 1. The van der Waals surface area contributed by atoms with Crippen LogP contribution in [0.4, 0.5) is 11.4 Å². The van der Waals surface area contributed by atoms with Gasteiger partial charge in [-0.25, -0.2) is 0 Å². The first-order valence-corrected chi connectivity index (χ1v) is 6.96. The minimum atomic E-state index is -0.112. The molecule has 0 heterocycles. The summed E-state index contributed by atoms with van der Waals surface area (Å²) in [5.74, 6) is 0.548. The molecule has 118 valence electrons. The number of benzene rings is 1. The normalized spacial score (nSPS) is 11.0. The molecule has 3 N–H and O–H groups in total. The van der Waals surface area contributed by atoms with Gasteiger partial charge in [0.1, 0.15) is 5.75 Å². The molecule has 0 radical (unpaired) electrons. The van der Waals surface area contributed by atoms with E-state index < -0.39 is 0 Å². The summed E-state index contributed by atoms with van der Waals surface area (Å²) in [5, 5.41) is 2.79. The predicted molar refractivity (Wildman–Crippen MR) is 84.6 cm³/mol. The molecule has 1 aromatic rings. The molecule has 0 aliphatic rings. The van der Waals surface area contributed by atoms with Crippen LogP contribution in [0.15, 0.2) is 18.2 Å². The zero-order chi connectivity index (χ0) is 15.8. The van der Waals surface area contributed by atoms with Gasteiger partial charge in [0.25, 0.3) is 0 Å². The predicted octanol–water partition coefficient (Wildman–Crippen LogP) is 1.57. The number of likely N-dealkylation sites (N-methyl/N-ethyl adjacent to an activating group) is 1. The zero-order valence-corrected chi connectivity index (χ0v) is 13.2. The van der Waals surface area contributed by atoms with Crippen LogP contribution in [0.1, 0.15) is 13.8 Å². The Morgan fingerprint density at radius 3 is 2.71 bits per heavy atom. The van der Waals surface area contributed by atoms with E-state index in [9.17, 15) is 4.79 Å². The van der Waals surface area contributed by atoms with E-state index >= 15 is 0 Å². The van der Waals surface area contributed by atoms with Crippen molar-refractivity contribution in [3.8, 4) is 5.75 Å². The summed E-state index contributed by atoms with van der Waals surface area (Å²) in [6.45, 7) is 5.56. The molecule has 1 rings (SSSR count). The van der Waals surface area contributed by atoms with Crippen LogP contribution in [0.3, 0.4) is 0 Å². The number of methoxy groups -OCH3 is 1. The molecule has 21 heavy (non-hydrogen) atoms. The third-order valence-electron chi connectivity index (χ3n) is 2.87. The molecule has 1 aromatic carbocycles. The molecule has 0 bridgehead atoms. The number of carbonyl (C=O) groups is 1. The lowest BCUT2D eigenvalue weighted by Gasteiger charge is -2.17. The highest BCUT2D eigenvalue weighted by Crippen LogP contribution is 2.23. The topological polar surface area (TPSA) is 76.8 Å². The van der Waals surface area contributed by atoms with Crippen molar-refractivity contribution in [2.24, 2.45) is 0 Å². The van der Waals surface area contributed by atoms with Gasteiger partial charge < -0.3 is 20.5 Å². The Hall–Kier alpha value is -1.79. The van der Waals surface area contributed by atoms with Gasteiger partial charge in [-0.05, 0) is 33.0 Å². The molecule has 0 saturated heterocycles. The number of hydrogen-bond donors (Lipinski definition) is 2. The Bertz CT molecular complexity index is 463. The molecule has 0 aliphatic carbocycles. The number of nitrogens with zero attached hydrogens (tertiary/aromatic N) is 1. The highest BCUT2D eigenvalue weighted by Gasteiger charge is 2.09. The molecule has 0 aromatic heterocycles. The molecule has 0 aliphatic heterocycles. The van der Waals surface area contributed by atoms with Gasteiger partial charge in [-0.3, -0.25) is 9.69 Å². The van der Waals surface area contributed by atoms with E-state index in [4.69, 9.17) is 15.2 Å². The zero-order valence-electron chi connectivity index (χ0n) is 13.2. The summed E-state index contributed by atoms with van der Waals surface area (Å²) in [5.41, 5.74) is 6.93. The van der Waals surface area contributed by atoms with Gasteiger partial charge in [-0.15, -0.1) is 0 Å². The molecule has 1 amide bonds. The summed E-state index contributed by atoms with van der Waals surface area (Å²) in [6, 6.07) is 5.16. The summed E-state index contributed by atoms with van der Waals surface area (Å²) in [4.78, 5) is 13.8. The van der Waals surface area contributed by atoms with E-state index in [0.717, 1.165) is 0 Å². The molecule has 0 fully saturated rings. The summed E-state index contributed by atoms with van der Waals surface area (Å²) in [6.07, 6.45) is 0.200. The maximum atomic E-state index is 11.9. The molecule has 0 saturated carbocycles. The lowest BCUT2D eigenvalue weighted by atomic mass is 10.2. The smallest absolute Gasteiger partial charge is 0.238 e. The first kappa shape index (κ1) is 17.3. The fourth-order valence-electron chi connectivity index (χ4n) is 1.74. The van der Waals surface area contributed by atoms with Crippen molar-refractivity contribution < 1.29 is 14.3 Å². The number of nitrogens with one attached hydrogen (secondary N) is 1. The fraction of sp³-hybridized carbons (Fsp3) is 0.533. The molecule has 6 nitrogen and oxygen atoms in total. The lowest BCUT2D eigenvalue weighted by molar-refractivity contribution is -0.117. The SMILES string of the molecule is COc1ccc(NC(=O)CN(C)CCOC(C)C)c(N)c1. The third kappa shape index (κ3) is 6.46. The van der Waals surface area contributed by atoms with Crippen LogP contribution in [-0.2, 0) is 9.53 Å². The summed E-state index contributed by atoms with van der Waals surface area (Å²) < 4.78 is 10.5. The third-order valence-corrected chi connectivity index (χ3v) is 2.87. The molecule has 0 atom stereocenters. The van der Waals surface area contributed by atoms with Crippen LogP contribution in [0.25, 0.3) is 0 Å². The molecule has 0 spiro atoms. The molecule has 6 heteroatoms. The minimum absolute atomic E-state index is 0.112. The maximum absolute atomic E-state index is 11.9. The molecule has 0 unspecified atom stereocenters. The Labute approximate surface area is 126 Å². The standard InChI is InChI=1S/C15H25N3O3/c1-11(2)21-8-7-18(3)10-15(19)17-14-6-5-12(20-4)9-13(14)16/h5-6,9,11H,7-8,10,16H2,1-4H3,(H,17,19). The van der Waals surface area contributed by atoms with Gasteiger partial charge in [0, 0.05) is 12.6 Å². The van der Waals surface area contributed by atoms with Gasteiger partial charge in [0.15, 0.2) is 0 Å². The maximum Gasteiger partial charge on any atom is 0.238 e. The second kappa shape index (κ2) is 8.49. The van der Waals surface area contributed by atoms with Crippen molar-refractivity contribution in [3.63, 3.8) is 0 Å². The van der Waals surface area contributed by atoms with Crippen molar-refractivity contribution in [1.29, 1.82) is 0 Å². The average Bonchev–Trinajstić information content (AvgIpc) is 2.40. The number of carbonyl (C=O) groups excluding carboxylic acids is 1. The van der Waals surface area contributed by atoms with Crippen LogP contribution in [0.2, 0.25) is 0 Å². The number of hydrogen-bond acceptors (Lipinski definition) is 5. The van der Waals surface area contributed by atoms with Gasteiger partial charge in [0.05, 0.1) is 37.7 Å². The minimum Gasteiger partial charge on any atom is -0.497 e. The van der Waals surface area contributed by atoms with Crippen molar-refractivity contribution in [3.05, 3.63) is 18.2 Å². The average molecular weight is 295 g/mol. The first-order valence-electron chi connectivity index (χ1n) is 6.96. The van der Waals surface area contributed by atoms with Crippen molar-refractivity contribution in [2.75, 3.05) is 44.9 Å². The highest BCUT2D eigenvalue weighted by atomic mass is 16.5. The van der Waals surface area contributed by atoms with E-state index in [0.29, 0.717) is 30.3 Å². The van der Waals surface area contributed by atoms with Crippen LogP contribution in [-0.4, -0.2) is 50.8 Å². The van der Waals surface area contributed by atoms with Gasteiger partial charge in [-0.2, -0.15) is 0 Å². The van der Waals surface area contributed by atoms with Crippen LogP contribution in [0, 0.1) is 0 Å². The quantitative estimate of drug-likeness (QED) is 0.712. The summed E-state index contributed by atoms with van der Waals surface area (Å²) in [7, 11) is 3.45. The van der Waals surface area contributed by atoms with Crippen molar-refractivity contribution >= 4 is 17.3 Å². The largest absolute Gasteiger partial charge is 0.497 e. The number of rotatable bonds is 8. The highest BCUT2D eigenvalue weighted by molar-refractivity contribution is 5.95. The Balaban J connectivity index is 2.42. The summed E-state index contributed by atoms with van der Waals surface area (Å²) >= 11 is 0. The van der Waals surface area contributed by atoms with E-state index in [1.807, 2.05) is 25.8 Å². The van der Waals surface area contributed by atoms with E-state index in [-0.39, 0.29) is 18.6 Å². The van der Waals surface area contributed by atoms with E-state index in [1.165, 1.54) is 0 Å². The van der Waals surface area contributed by atoms with Crippen LogP contribution in [0.5, 0.6) is 5.75 Å². The van der Waals surface area contributed by atoms with Gasteiger partial charge >= 0.3 is 0 Å². The fourth-order valence-corrected chi connectivity index (χ4v) is 1.74. The lowest BCUT2D eigenvalue weighted by Crippen LogP contribution is -2.33. The first-order chi connectivity index (χ1) is 9.92. The van der Waals surface area contributed by atoms with Gasteiger partial charge in [-0.1, -0.05) is 0 Å². The number of anilines is 2. The van der Waals surface area contributed by atoms with E-state index in [2.05, 4.69) is 5.32 Å². The second-order valence-electron chi connectivity index (χ2n) is 5.16. The van der Waals surface area contributed by atoms with E-state index in [1.54, 1.807) is 25.3 Å².